The van der Waals surface area contributed by atoms with Crippen molar-refractivity contribution in [3.8, 4) is 0 Å². The third-order valence-corrected chi connectivity index (χ3v) is 6.07. The van der Waals surface area contributed by atoms with Gasteiger partial charge in [0.25, 0.3) is 0 Å². The Bertz CT molecular complexity index is 690. The third kappa shape index (κ3) is 22.0. The molecule has 0 aromatic rings. The van der Waals surface area contributed by atoms with E-state index in [-0.39, 0.29) is 0 Å². The molecule has 0 saturated heterocycles. The Labute approximate surface area is 207 Å². The topological polar surface area (TPSA) is 20.2 Å². The largest absolute Gasteiger partial charge is 0.396 e. The van der Waals surface area contributed by atoms with Crippen LogP contribution in [0, 0.1) is 0 Å². The van der Waals surface area contributed by atoms with Crippen LogP contribution in [0.15, 0.2) is 69.9 Å². The number of aliphatic hydroxyl groups is 1. The molecule has 0 heterocycles. The highest BCUT2D eigenvalue weighted by molar-refractivity contribution is 5.08. The molecule has 0 aliphatic rings. The van der Waals surface area contributed by atoms with Gasteiger partial charge in [0.05, 0.1) is 0 Å². The van der Waals surface area contributed by atoms with Crippen LogP contribution in [0.4, 0.5) is 0 Å². The Kier molecular flexibility index (Phi) is 20.0. The third-order valence-electron chi connectivity index (χ3n) is 6.07. The second-order valence-corrected chi connectivity index (χ2v) is 10.1. The zero-order valence-electron chi connectivity index (χ0n) is 23.1. The van der Waals surface area contributed by atoms with Gasteiger partial charge in [0.1, 0.15) is 0 Å². The van der Waals surface area contributed by atoms with Crippen LogP contribution in [0.2, 0.25) is 0 Å². The quantitative estimate of drug-likeness (QED) is 0.161. The monoisotopic (exact) mass is 454 g/mol. The van der Waals surface area contributed by atoms with E-state index in [0.717, 1.165) is 44.9 Å². The van der Waals surface area contributed by atoms with Crippen LogP contribution >= 0.6 is 0 Å². The van der Waals surface area contributed by atoms with Crippen molar-refractivity contribution in [3.05, 3.63) is 69.9 Å². The molecule has 0 aromatic heterocycles. The van der Waals surface area contributed by atoms with Crippen molar-refractivity contribution in [1.29, 1.82) is 0 Å². The molecule has 1 heteroatoms. The predicted molar refractivity (Wildman–Crippen MR) is 151 cm³/mol. The zero-order valence-corrected chi connectivity index (χ0v) is 23.1. The molecule has 33 heavy (non-hydrogen) atoms. The summed E-state index contributed by atoms with van der Waals surface area (Å²) >= 11 is 0. The molecule has 0 aliphatic heterocycles. The second kappa shape index (κ2) is 21.0. The first kappa shape index (κ1) is 31.4. The molecule has 1 nitrogen and oxygen atoms in total. The number of allylic oxidation sites excluding steroid dienone is 12. The Morgan fingerprint density at radius 3 is 1.06 bits per heavy atom. The van der Waals surface area contributed by atoms with Crippen molar-refractivity contribution in [2.24, 2.45) is 0 Å². The number of hydrogen-bond donors (Lipinski definition) is 1. The maximum absolute atomic E-state index is 8.90. The zero-order chi connectivity index (χ0) is 24.9. The van der Waals surface area contributed by atoms with Gasteiger partial charge in [-0.2, -0.15) is 0 Å². The minimum Gasteiger partial charge on any atom is -0.396 e. The summed E-state index contributed by atoms with van der Waals surface area (Å²) in [5.74, 6) is 0. The molecule has 0 saturated carbocycles. The van der Waals surface area contributed by atoms with Gasteiger partial charge < -0.3 is 5.11 Å². The Hall–Kier alpha value is -1.60. The molecule has 0 rings (SSSR count). The van der Waals surface area contributed by atoms with Gasteiger partial charge in [0.15, 0.2) is 0 Å². The molecule has 0 unspecified atom stereocenters. The van der Waals surface area contributed by atoms with E-state index in [2.05, 4.69) is 84.9 Å². The highest BCUT2D eigenvalue weighted by atomic mass is 16.2. The molecular weight excluding hydrogens is 400 g/mol. The summed E-state index contributed by atoms with van der Waals surface area (Å²) in [4.78, 5) is 0. The van der Waals surface area contributed by atoms with E-state index >= 15 is 0 Å². The van der Waals surface area contributed by atoms with Gasteiger partial charge >= 0.3 is 0 Å². The predicted octanol–water partition coefficient (Wildman–Crippen LogP) is 10.4. The fourth-order valence-electron chi connectivity index (χ4n) is 3.75. The molecule has 1 N–H and O–H groups in total. The normalized spacial score (nSPS) is 14.1. The van der Waals surface area contributed by atoms with Gasteiger partial charge in [-0.1, -0.05) is 69.9 Å². The lowest BCUT2D eigenvalue weighted by atomic mass is 10.0. The Morgan fingerprint density at radius 1 is 0.424 bits per heavy atom. The van der Waals surface area contributed by atoms with Crippen LogP contribution in [0.1, 0.15) is 126 Å². The minimum atomic E-state index is 0.293. The minimum absolute atomic E-state index is 0.293. The number of aliphatic hydroxyl groups excluding tert-OH is 1. The van der Waals surface area contributed by atoms with Crippen LogP contribution in [-0.4, -0.2) is 11.7 Å². The van der Waals surface area contributed by atoms with Crippen molar-refractivity contribution >= 4 is 0 Å². The van der Waals surface area contributed by atoms with Gasteiger partial charge in [-0.25, -0.2) is 0 Å². The molecule has 0 radical (unpaired) electrons. The Morgan fingerprint density at radius 2 is 0.727 bits per heavy atom. The highest BCUT2D eigenvalue weighted by Crippen LogP contribution is 2.15. The first-order chi connectivity index (χ1) is 15.7. The van der Waals surface area contributed by atoms with E-state index in [1.807, 2.05) is 0 Å². The van der Waals surface area contributed by atoms with Gasteiger partial charge in [-0.05, 0) is 126 Å². The maximum Gasteiger partial charge on any atom is 0.0434 e. The summed E-state index contributed by atoms with van der Waals surface area (Å²) in [6.07, 6.45) is 27.8. The van der Waals surface area contributed by atoms with Gasteiger partial charge in [0.2, 0.25) is 0 Å². The van der Waals surface area contributed by atoms with Crippen LogP contribution in [-0.2, 0) is 0 Å². The van der Waals surface area contributed by atoms with Crippen molar-refractivity contribution < 1.29 is 5.11 Å². The van der Waals surface area contributed by atoms with Gasteiger partial charge in [-0.15, -0.1) is 0 Å². The molecule has 0 fully saturated rings. The smallest absolute Gasteiger partial charge is 0.0434 e. The van der Waals surface area contributed by atoms with Gasteiger partial charge in [-0.3, -0.25) is 0 Å². The number of unbranched alkanes of at least 4 members (excludes halogenated alkanes) is 1. The SMILES string of the molecule is CC(C)=CCCC(C)=CCCC(C)=CCCC=C(C)CCC=C(C)CCC=C(C)CCCO. The van der Waals surface area contributed by atoms with Crippen molar-refractivity contribution in [3.63, 3.8) is 0 Å². The van der Waals surface area contributed by atoms with E-state index in [9.17, 15) is 0 Å². The van der Waals surface area contributed by atoms with Gasteiger partial charge in [0, 0.05) is 6.61 Å². The lowest BCUT2D eigenvalue weighted by Gasteiger charge is -2.03. The van der Waals surface area contributed by atoms with E-state index in [4.69, 9.17) is 5.11 Å². The fraction of sp³-hybridized carbons (Fsp3) is 0.625. The molecule has 0 aliphatic carbocycles. The number of hydrogen-bond acceptors (Lipinski definition) is 1. The summed E-state index contributed by atoms with van der Waals surface area (Å²) < 4.78 is 0. The first-order valence-electron chi connectivity index (χ1n) is 13.3. The van der Waals surface area contributed by atoms with E-state index < -0.39 is 0 Å². The van der Waals surface area contributed by atoms with Crippen LogP contribution in [0.25, 0.3) is 0 Å². The summed E-state index contributed by atoms with van der Waals surface area (Å²) in [7, 11) is 0. The second-order valence-electron chi connectivity index (χ2n) is 10.1. The molecule has 188 valence electrons. The van der Waals surface area contributed by atoms with Crippen LogP contribution < -0.4 is 0 Å². The van der Waals surface area contributed by atoms with E-state index in [1.54, 1.807) is 0 Å². The molecule has 0 aromatic carbocycles. The molecule has 0 amide bonds. The summed E-state index contributed by atoms with van der Waals surface area (Å²) in [6, 6.07) is 0. The molecule has 0 spiro atoms. The lowest BCUT2D eigenvalue weighted by molar-refractivity contribution is 0.288. The lowest BCUT2D eigenvalue weighted by Crippen LogP contribution is -1.85. The van der Waals surface area contributed by atoms with Crippen molar-refractivity contribution in [1.82, 2.24) is 0 Å². The Balaban J connectivity index is 4.07. The summed E-state index contributed by atoms with van der Waals surface area (Å²) in [5.41, 5.74) is 8.87. The highest BCUT2D eigenvalue weighted by Gasteiger charge is 1.95. The maximum atomic E-state index is 8.90. The average Bonchev–Trinajstić information content (AvgIpc) is 2.75. The fourth-order valence-corrected chi connectivity index (χ4v) is 3.75. The molecule has 0 bridgehead atoms. The average molecular weight is 455 g/mol. The summed E-state index contributed by atoms with van der Waals surface area (Å²) in [5, 5.41) is 8.90. The summed E-state index contributed by atoms with van der Waals surface area (Å²) in [6.45, 7) is 15.9. The molecular formula is C32H54O. The van der Waals surface area contributed by atoms with Crippen LogP contribution in [0.5, 0.6) is 0 Å². The molecule has 0 atom stereocenters. The standard InChI is InChI=1S/C32H54O/c1-27(2)15-10-18-30(5)21-11-19-28(3)16-8-9-17-29(4)20-12-22-31(6)23-13-24-32(7)25-14-26-33/h15-17,21-22,24,33H,8-14,18-20,23,25-26H2,1-7H3. The van der Waals surface area contributed by atoms with Crippen molar-refractivity contribution in [2.45, 2.75) is 126 Å². The van der Waals surface area contributed by atoms with E-state index in [1.165, 1.54) is 65.5 Å². The number of rotatable bonds is 18. The van der Waals surface area contributed by atoms with Crippen molar-refractivity contribution in [2.75, 3.05) is 6.61 Å². The van der Waals surface area contributed by atoms with Crippen LogP contribution in [0.3, 0.4) is 0 Å². The first-order valence-corrected chi connectivity index (χ1v) is 13.3. The van der Waals surface area contributed by atoms with E-state index in [0.29, 0.717) is 6.61 Å².